The van der Waals surface area contributed by atoms with E-state index >= 15 is 0 Å². The minimum Gasteiger partial charge on any atom is -0.493 e. The van der Waals surface area contributed by atoms with E-state index in [-0.39, 0.29) is 24.1 Å². The number of nitrogens with one attached hydrogen (secondary N) is 2. The first-order chi connectivity index (χ1) is 18.4. The van der Waals surface area contributed by atoms with Crippen LogP contribution < -0.4 is 20.1 Å². The number of anilines is 1. The van der Waals surface area contributed by atoms with Crippen LogP contribution in [-0.4, -0.2) is 59.6 Å². The monoisotopic (exact) mass is 539 g/mol. The fourth-order valence-electron chi connectivity index (χ4n) is 3.40. The molecule has 12 heteroatoms. The molecule has 1 aromatic heterocycles. The molecule has 11 nitrogen and oxygen atoms in total. The van der Waals surface area contributed by atoms with E-state index in [9.17, 15) is 14.4 Å². The average Bonchev–Trinajstić information content (AvgIpc) is 3.34. The Hall–Kier alpha value is -4.32. The molecular weight excluding hydrogens is 510 g/mol. The maximum Gasteiger partial charge on any atom is 0.337 e. The molecule has 200 valence electrons. The fraction of sp³-hybridized carbons (Fsp3) is 0.269. The van der Waals surface area contributed by atoms with Crippen LogP contribution in [0.25, 0.3) is 6.08 Å². The quantitative estimate of drug-likeness (QED) is 0.202. The zero-order valence-corrected chi connectivity index (χ0v) is 22.3. The molecule has 2 aromatic carbocycles. The number of esters is 1. The van der Waals surface area contributed by atoms with Crippen molar-refractivity contribution in [2.75, 3.05) is 32.4 Å². The van der Waals surface area contributed by atoms with Crippen molar-refractivity contribution in [3.05, 3.63) is 65.5 Å². The largest absolute Gasteiger partial charge is 0.493 e. The molecule has 0 saturated carbocycles. The van der Waals surface area contributed by atoms with E-state index in [2.05, 4.69) is 20.8 Å². The van der Waals surface area contributed by atoms with Gasteiger partial charge in [0, 0.05) is 18.3 Å². The second-order valence-corrected chi connectivity index (χ2v) is 8.66. The summed E-state index contributed by atoms with van der Waals surface area (Å²) in [5.74, 6) is 0.773. The Morgan fingerprint density at radius 3 is 2.53 bits per heavy atom. The van der Waals surface area contributed by atoms with E-state index in [0.717, 1.165) is 5.56 Å². The lowest BCUT2D eigenvalue weighted by molar-refractivity contribution is -0.116. The Balaban J connectivity index is 1.54. The highest BCUT2D eigenvalue weighted by Crippen LogP contribution is 2.28. The van der Waals surface area contributed by atoms with Gasteiger partial charge in [0.05, 0.1) is 39.2 Å². The lowest BCUT2D eigenvalue weighted by Crippen LogP contribution is -2.22. The Morgan fingerprint density at radius 1 is 1.03 bits per heavy atom. The number of ether oxygens (including phenoxy) is 3. The van der Waals surface area contributed by atoms with Gasteiger partial charge in [-0.1, -0.05) is 23.9 Å². The number of amides is 2. The van der Waals surface area contributed by atoms with Crippen LogP contribution in [0.1, 0.15) is 28.7 Å². The third-order valence-corrected chi connectivity index (χ3v) is 6.23. The molecule has 2 amide bonds. The van der Waals surface area contributed by atoms with Crippen molar-refractivity contribution < 1.29 is 28.6 Å². The molecule has 0 saturated heterocycles. The molecule has 38 heavy (non-hydrogen) atoms. The Labute approximate surface area is 224 Å². The van der Waals surface area contributed by atoms with E-state index in [1.54, 1.807) is 56.7 Å². The maximum atomic E-state index is 12.4. The topological polar surface area (TPSA) is 134 Å². The highest BCUT2D eigenvalue weighted by molar-refractivity contribution is 7.99. The zero-order valence-electron chi connectivity index (χ0n) is 21.5. The number of hydrogen-bond donors (Lipinski definition) is 2. The van der Waals surface area contributed by atoms with E-state index in [1.165, 1.54) is 24.9 Å². The van der Waals surface area contributed by atoms with Gasteiger partial charge in [0.2, 0.25) is 11.8 Å². The predicted molar refractivity (Wildman–Crippen MR) is 143 cm³/mol. The fourth-order valence-corrected chi connectivity index (χ4v) is 4.22. The number of carbonyl (C=O) groups is 3. The van der Waals surface area contributed by atoms with Crippen molar-refractivity contribution in [1.82, 2.24) is 20.1 Å². The summed E-state index contributed by atoms with van der Waals surface area (Å²) < 4.78 is 17.0. The summed E-state index contributed by atoms with van der Waals surface area (Å²) in [4.78, 5) is 36.5. The third kappa shape index (κ3) is 7.59. The predicted octanol–water partition coefficient (Wildman–Crippen LogP) is 3.16. The van der Waals surface area contributed by atoms with Gasteiger partial charge in [-0.2, -0.15) is 0 Å². The van der Waals surface area contributed by atoms with Gasteiger partial charge in [-0.15, -0.1) is 10.2 Å². The summed E-state index contributed by atoms with van der Waals surface area (Å²) >= 11 is 1.22. The van der Waals surface area contributed by atoms with Crippen molar-refractivity contribution in [3.63, 3.8) is 0 Å². The van der Waals surface area contributed by atoms with Gasteiger partial charge in [-0.05, 0) is 48.9 Å². The molecule has 0 atom stereocenters. The SMILES string of the molecule is CCn1c(CNC(=O)/C=C/c2ccc(OC)c(OC)c2)nnc1SCC(=O)Nc1cccc(C(=O)OC)c1. The summed E-state index contributed by atoms with van der Waals surface area (Å²) in [7, 11) is 4.40. The first-order valence-electron chi connectivity index (χ1n) is 11.6. The Kier molecular flexibility index (Phi) is 10.3. The molecule has 0 aliphatic carbocycles. The number of thioether (sulfide) groups is 1. The Bertz CT molecular complexity index is 1320. The number of benzene rings is 2. The number of carbonyl (C=O) groups excluding carboxylic acids is 3. The lowest BCUT2D eigenvalue weighted by Gasteiger charge is -2.09. The molecule has 0 bridgehead atoms. The van der Waals surface area contributed by atoms with Crippen LogP contribution >= 0.6 is 11.8 Å². The van der Waals surface area contributed by atoms with Crippen molar-refractivity contribution in [2.24, 2.45) is 0 Å². The highest BCUT2D eigenvalue weighted by Gasteiger charge is 2.14. The number of hydrogen-bond acceptors (Lipinski definition) is 9. The summed E-state index contributed by atoms with van der Waals surface area (Å²) in [5.41, 5.74) is 1.61. The molecule has 3 rings (SSSR count). The summed E-state index contributed by atoms with van der Waals surface area (Å²) in [5, 5.41) is 14.4. The van der Waals surface area contributed by atoms with Crippen LogP contribution in [-0.2, 0) is 27.4 Å². The van der Waals surface area contributed by atoms with Crippen LogP contribution in [0.5, 0.6) is 11.5 Å². The van der Waals surface area contributed by atoms with E-state index in [4.69, 9.17) is 14.2 Å². The first kappa shape index (κ1) is 28.3. The summed E-state index contributed by atoms with van der Waals surface area (Å²) in [6, 6.07) is 11.8. The Morgan fingerprint density at radius 2 is 1.82 bits per heavy atom. The van der Waals surface area contributed by atoms with Gasteiger partial charge in [0.1, 0.15) is 0 Å². The second kappa shape index (κ2) is 13.8. The van der Waals surface area contributed by atoms with Crippen molar-refractivity contribution in [1.29, 1.82) is 0 Å². The van der Waals surface area contributed by atoms with Gasteiger partial charge >= 0.3 is 5.97 Å². The smallest absolute Gasteiger partial charge is 0.337 e. The molecule has 0 unspecified atom stereocenters. The molecule has 2 N–H and O–H groups in total. The van der Waals surface area contributed by atoms with Gasteiger partial charge < -0.3 is 29.4 Å². The zero-order chi connectivity index (χ0) is 27.5. The van der Waals surface area contributed by atoms with Crippen molar-refractivity contribution >= 4 is 41.3 Å². The molecule has 1 heterocycles. The van der Waals surface area contributed by atoms with Crippen LogP contribution in [0.15, 0.2) is 53.7 Å². The standard InChI is InChI=1S/C26H29N5O6S/c1-5-31-22(15-27-23(32)12-10-17-9-11-20(35-2)21(13-17)36-3)29-30-26(31)38-16-24(33)28-19-8-6-7-18(14-19)25(34)37-4/h6-14H,5,15-16H2,1-4H3,(H,27,32)(H,28,33)/b12-10+. The molecule has 3 aromatic rings. The van der Waals surface area contributed by atoms with E-state index in [1.807, 2.05) is 17.6 Å². The van der Waals surface area contributed by atoms with Crippen LogP contribution in [0, 0.1) is 0 Å². The molecule has 0 aliphatic rings. The number of aromatic nitrogens is 3. The van der Waals surface area contributed by atoms with Gasteiger partial charge in [0.25, 0.3) is 0 Å². The minimum atomic E-state index is -0.484. The first-order valence-corrected chi connectivity index (χ1v) is 12.6. The van der Waals surface area contributed by atoms with Crippen LogP contribution in [0.2, 0.25) is 0 Å². The number of nitrogens with zero attached hydrogens (tertiary/aromatic N) is 3. The van der Waals surface area contributed by atoms with Gasteiger partial charge in [-0.25, -0.2) is 4.79 Å². The van der Waals surface area contributed by atoms with E-state index in [0.29, 0.717) is 40.3 Å². The highest BCUT2D eigenvalue weighted by atomic mass is 32.2. The lowest BCUT2D eigenvalue weighted by atomic mass is 10.2. The normalized spacial score (nSPS) is 10.7. The van der Waals surface area contributed by atoms with Crippen LogP contribution in [0.4, 0.5) is 5.69 Å². The third-order valence-electron chi connectivity index (χ3n) is 5.26. The summed E-state index contributed by atoms with van der Waals surface area (Å²) in [6.45, 7) is 2.65. The number of rotatable bonds is 12. The number of methoxy groups -OCH3 is 3. The van der Waals surface area contributed by atoms with Crippen molar-refractivity contribution in [2.45, 2.75) is 25.2 Å². The summed E-state index contributed by atoms with van der Waals surface area (Å²) in [6.07, 6.45) is 3.09. The maximum absolute atomic E-state index is 12.4. The van der Waals surface area contributed by atoms with Gasteiger partial charge in [-0.3, -0.25) is 9.59 Å². The average molecular weight is 540 g/mol. The molecular formula is C26H29N5O6S. The molecule has 0 radical (unpaired) electrons. The molecule has 0 aliphatic heterocycles. The van der Waals surface area contributed by atoms with Gasteiger partial charge in [0.15, 0.2) is 22.5 Å². The molecule has 0 spiro atoms. The molecule has 0 fully saturated rings. The minimum absolute atomic E-state index is 0.0843. The van der Waals surface area contributed by atoms with E-state index < -0.39 is 5.97 Å². The second-order valence-electron chi connectivity index (χ2n) is 7.72. The van der Waals surface area contributed by atoms with Crippen LogP contribution in [0.3, 0.4) is 0 Å². The van der Waals surface area contributed by atoms with Crippen molar-refractivity contribution in [3.8, 4) is 11.5 Å².